The molecular weight excluding hydrogens is 446 g/mol. The molecule has 1 saturated heterocycles. The standard InChI is InChI=1S/C23H24BrN3O3/c1-2-30-23(29)16-11-13-26(14-12-16)15-27-20-6-4-3-5-19(20)21(22(27)28)25-18-9-7-17(24)8-10-18/h3-10,16H,2,11-15H2,1H3. The van der Waals surface area contributed by atoms with Gasteiger partial charge >= 0.3 is 5.97 Å². The number of hydrogen-bond donors (Lipinski definition) is 0. The van der Waals surface area contributed by atoms with E-state index >= 15 is 0 Å². The highest BCUT2D eigenvalue weighted by molar-refractivity contribution is 9.10. The monoisotopic (exact) mass is 469 g/mol. The SMILES string of the molecule is CCOC(=O)C1CCN(CN2C(=O)C(=Nc3ccc(Br)cc3)c3ccccc32)CC1. The van der Waals surface area contributed by atoms with Crippen molar-refractivity contribution in [3.63, 3.8) is 0 Å². The number of hydrogen-bond acceptors (Lipinski definition) is 5. The first-order valence-electron chi connectivity index (χ1n) is 10.2. The number of piperidine rings is 1. The van der Waals surface area contributed by atoms with Gasteiger partial charge in [0, 0.05) is 23.1 Å². The highest BCUT2D eigenvalue weighted by Gasteiger charge is 2.36. The minimum Gasteiger partial charge on any atom is -0.466 e. The van der Waals surface area contributed by atoms with Gasteiger partial charge in [-0.05, 0) is 50.1 Å². The van der Waals surface area contributed by atoms with Gasteiger partial charge in [0.25, 0.3) is 5.91 Å². The minimum atomic E-state index is -0.108. The number of likely N-dealkylation sites (tertiary alicyclic amines) is 1. The summed E-state index contributed by atoms with van der Waals surface area (Å²) in [4.78, 5) is 33.9. The first-order chi connectivity index (χ1) is 14.6. The number of ether oxygens (including phenoxy) is 1. The molecule has 0 unspecified atom stereocenters. The van der Waals surface area contributed by atoms with Crippen molar-refractivity contribution in [3.8, 4) is 0 Å². The fraction of sp³-hybridized carbons (Fsp3) is 0.348. The van der Waals surface area contributed by atoms with Crippen molar-refractivity contribution >= 4 is 44.9 Å². The Morgan fingerprint density at radius 2 is 1.83 bits per heavy atom. The minimum absolute atomic E-state index is 0.0442. The lowest BCUT2D eigenvalue weighted by molar-refractivity contribution is -0.149. The van der Waals surface area contributed by atoms with E-state index in [4.69, 9.17) is 4.74 Å². The highest BCUT2D eigenvalue weighted by atomic mass is 79.9. The van der Waals surface area contributed by atoms with Crippen LogP contribution in [-0.2, 0) is 14.3 Å². The third-order valence-corrected chi connectivity index (χ3v) is 6.04. The van der Waals surface area contributed by atoms with Crippen LogP contribution >= 0.6 is 15.9 Å². The largest absolute Gasteiger partial charge is 0.466 e. The van der Waals surface area contributed by atoms with E-state index in [1.54, 1.807) is 4.90 Å². The number of aliphatic imine (C=N–C) groups is 1. The molecule has 0 saturated carbocycles. The van der Waals surface area contributed by atoms with Crippen LogP contribution in [0.15, 0.2) is 58.0 Å². The first-order valence-corrected chi connectivity index (χ1v) is 11.0. The van der Waals surface area contributed by atoms with E-state index in [0.29, 0.717) is 19.0 Å². The second-order valence-electron chi connectivity index (χ2n) is 7.47. The van der Waals surface area contributed by atoms with Crippen LogP contribution in [0.2, 0.25) is 0 Å². The number of carbonyl (C=O) groups excluding carboxylic acids is 2. The summed E-state index contributed by atoms with van der Waals surface area (Å²) in [6.07, 6.45) is 1.50. The first kappa shape index (κ1) is 20.8. The molecule has 2 aromatic carbocycles. The van der Waals surface area contributed by atoms with E-state index in [1.807, 2.05) is 55.5 Å². The highest BCUT2D eigenvalue weighted by Crippen LogP contribution is 2.32. The molecule has 156 valence electrons. The van der Waals surface area contributed by atoms with Crippen molar-refractivity contribution in [2.75, 3.05) is 31.3 Å². The topological polar surface area (TPSA) is 62.2 Å². The number of carbonyl (C=O) groups is 2. The van der Waals surface area contributed by atoms with Gasteiger partial charge < -0.3 is 4.74 Å². The molecular formula is C23H24BrN3O3. The van der Waals surface area contributed by atoms with E-state index in [2.05, 4.69) is 25.8 Å². The number of anilines is 1. The van der Waals surface area contributed by atoms with Crippen molar-refractivity contribution in [1.29, 1.82) is 0 Å². The van der Waals surface area contributed by atoms with Gasteiger partial charge in [-0.25, -0.2) is 4.99 Å². The lowest BCUT2D eigenvalue weighted by Gasteiger charge is -2.33. The smallest absolute Gasteiger partial charge is 0.309 e. The van der Waals surface area contributed by atoms with Gasteiger partial charge in [-0.1, -0.05) is 34.1 Å². The molecule has 2 heterocycles. The van der Waals surface area contributed by atoms with Crippen molar-refractivity contribution < 1.29 is 14.3 Å². The van der Waals surface area contributed by atoms with Crippen LogP contribution in [0.1, 0.15) is 25.3 Å². The second kappa shape index (κ2) is 9.10. The number of amides is 1. The molecule has 2 aromatic rings. The van der Waals surface area contributed by atoms with Crippen molar-refractivity contribution in [3.05, 3.63) is 58.6 Å². The van der Waals surface area contributed by atoms with E-state index in [0.717, 1.165) is 47.3 Å². The summed E-state index contributed by atoms with van der Waals surface area (Å²) >= 11 is 3.42. The molecule has 1 amide bonds. The molecule has 0 spiro atoms. The Labute approximate surface area is 184 Å². The van der Waals surface area contributed by atoms with Crippen LogP contribution in [-0.4, -0.2) is 48.9 Å². The van der Waals surface area contributed by atoms with Gasteiger partial charge in [-0.3, -0.25) is 19.4 Å². The Hall–Kier alpha value is -2.51. The lowest BCUT2D eigenvalue weighted by atomic mass is 9.97. The molecule has 6 nitrogen and oxygen atoms in total. The van der Waals surface area contributed by atoms with Crippen molar-refractivity contribution in [2.45, 2.75) is 19.8 Å². The molecule has 0 N–H and O–H groups in total. The van der Waals surface area contributed by atoms with E-state index in [-0.39, 0.29) is 17.8 Å². The van der Waals surface area contributed by atoms with Gasteiger partial charge in [-0.15, -0.1) is 0 Å². The van der Waals surface area contributed by atoms with E-state index in [1.165, 1.54) is 0 Å². The molecule has 2 aliphatic rings. The maximum Gasteiger partial charge on any atom is 0.309 e. The van der Waals surface area contributed by atoms with Gasteiger partial charge in [0.15, 0.2) is 0 Å². The lowest BCUT2D eigenvalue weighted by Crippen LogP contribution is -2.45. The Bertz CT molecular complexity index is 966. The average molecular weight is 470 g/mol. The number of rotatable bonds is 5. The molecule has 4 rings (SSSR count). The number of benzene rings is 2. The molecule has 2 aliphatic heterocycles. The van der Waals surface area contributed by atoms with Crippen LogP contribution in [0.4, 0.5) is 11.4 Å². The maximum atomic E-state index is 13.3. The number of nitrogens with zero attached hydrogens (tertiary/aromatic N) is 3. The molecule has 0 bridgehead atoms. The summed E-state index contributed by atoms with van der Waals surface area (Å²) in [5.41, 5.74) is 2.94. The molecule has 0 aliphatic carbocycles. The number of fused-ring (bicyclic) bond motifs is 1. The summed E-state index contributed by atoms with van der Waals surface area (Å²) in [6, 6.07) is 15.4. The quantitative estimate of drug-likeness (QED) is 0.617. The zero-order chi connectivity index (χ0) is 21.1. The summed E-state index contributed by atoms with van der Waals surface area (Å²) in [6.45, 7) is 4.25. The van der Waals surface area contributed by atoms with Crippen LogP contribution in [0.3, 0.4) is 0 Å². The summed E-state index contributed by atoms with van der Waals surface area (Å²) < 4.78 is 6.12. The molecule has 30 heavy (non-hydrogen) atoms. The zero-order valence-corrected chi connectivity index (χ0v) is 18.5. The molecule has 0 radical (unpaired) electrons. The Morgan fingerprint density at radius 3 is 2.53 bits per heavy atom. The van der Waals surface area contributed by atoms with Crippen LogP contribution in [0.25, 0.3) is 0 Å². The van der Waals surface area contributed by atoms with Crippen LogP contribution in [0.5, 0.6) is 0 Å². The fourth-order valence-corrected chi connectivity index (χ4v) is 4.19. The van der Waals surface area contributed by atoms with E-state index < -0.39 is 0 Å². The van der Waals surface area contributed by atoms with Crippen molar-refractivity contribution in [1.82, 2.24) is 4.90 Å². The molecule has 7 heteroatoms. The Kier molecular flexibility index (Phi) is 6.29. The molecule has 0 atom stereocenters. The zero-order valence-electron chi connectivity index (χ0n) is 16.9. The van der Waals surface area contributed by atoms with Gasteiger partial charge in [-0.2, -0.15) is 0 Å². The van der Waals surface area contributed by atoms with Gasteiger partial charge in [0.05, 0.1) is 30.6 Å². The predicted molar refractivity (Wildman–Crippen MR) is 120 cm³/mol. The van der Waals surface area contributed by atoms with Crippen LogP contribution in [0, 0.1) is 5.92 Å². The van der Waals surface area contributed by atoms with Crippen molar-refractivity contribution in [2.24, 2.45) is 10.9 Å². The number of halogens is 1. The number of para-hydroxylation sites is 1. The summed E-state index contributed by atoms with van der Waals surface area (Å²) in [5.74, 6) is -0.243. The molecule has 1 fully saturated rings. The van der Waals surface area contributed by atoms with Gasteiger partial charge in [0.2, 0.25) is 0 Å². The second-order valence-corrected chi connectivity index (χ2v) is 8.39. The third-order valence-electron chi connectivity index (χ3n) is 5.51. The fourth-order valence-electron chi connectivity index (χ4n) is 3.93. The normalized spacial score (nSPS) is 18.7. The molecule has 0 aromatic heterocycles. The Morgan fingerprint density at radius 1 is 1.13 bits per heavy atom. The average Bonchev–Trinajstić information content (AvgIpc) is 3.02. The summed E-state index contributed by atoms with van der Waals surface area (Å²) in [7, 11) is 0. The van der Waals surface area contributed by atoms with Gasteiger partial charge in [0.1, 0.15) is 5.71 Å². The maximum absolute atomic E-state index is 13.3. The number of esters is 1. The summed E-state index contributed by atoms with van der Waals surface area (Å²) in [5, 5.41) is 0. The third kappa shape index (κ3) is 4.32. The van der Waals surface area contributed by atoms with Crippen LogP contribution < -0.4 is 4.90 Å². The Balaban J connectivity index is 1.50. The predicted octanol–water partition coefficient (Wildman–Crippen LogP) is 4.15. The van der Waals surface area contributed by atoms with E-state index in [9.17, 15) is 9.59 Å².